The predicted octanol–water partition coefficient (Wildman–Crippen LogP) is 2.76. The van der Waals surface area contributed by atoms with Crippen LogP contribution in [-0.4, -0.2) is 50.7 Å². The van der Waals surface area contributed by atoms with Crippen molar-refractivity contribution in [2.75, 3.05) is 33.9 Å². The summed E-state index contributed by atoms with van der Waals surface area (Å²) in [6, 6.07) is 12.4. The van der Waals surface area contributed by atoms with Crippen molar-refractivity contribution in [1.29, 1.82) is 0 Å². The van der Waals surface area contributed by atoms with Crippen molar-refractivity contribution in [2.45, 2.75) is 19.4 Å². The van der Waals surface area contributed by atoms with Crippen LogP contribution < -0.4 is 20.1 Å². The van der Waals surface area contributed by atoms with Crippen molar-refractivity contribution in [3.05, 3.63) is 59.2 Å². The normalized spacial score (nSPS) is 15.3. The standard InChI is InChI=1S/C22H27N3O4/c1-4-23-22(27)25-11-10-16-12-19(28-2)20(29-3)13-17(16)18(25)14-24-21(26)15-8-6-5-7-9-15/h5-9,12-13,18H,4,10-11,14H2,1-3H3,(H,23,27)(H,24,26). The molecule has 2 aromatic carbocycles. The minimum atomic E-state index is -0.308. The molecule has 3 rings (SSSR count). The van der Waals surface area contributed by atoms with E-state index in [1.54, 1.807) is 31.3 Å². The number of methoxy groups -OCH3 is 2. The minimum Gasteiger partial charge on any atom is -0.493 e. The van der Waals surface area contributed by atoms with Crippen LogP contribution in [-0.2, 0) is 6.42 Å². The molecule has 0 radical (unpaired) electrons. The maximum atomic E-state index is 12.7. The second-order valence-corrected chi connectivity index (χ2v) is 6.78. The van der Waals surface area contributed by atoms with Crippen molar-refractivity contribution in [3.8, 4) is 11.5 Å². The summed E-state index contributed by atoms with van der Waals surface area (Å²) in [6.07, 6.45) is 0.704. The molecule has 0 saturated carbocycles. The summed E-state index contributed by atoms with van der Waals surface area (Å²) in [5.74, 6) is 1.09. The van der Waals surface area contributed by atoms with E-state index >= 15 is 0 Å². The Morgan fingerprint density at radius 1 is 1.07 bits per heavy atom. The van der Waals surface area contributed by atoms with Crippen LogP contribution in [0.4, 0.5) is 4.79 Å². The Bertz CT molecular complexity index is 870. The summed E-state index contributed by atoms with van der Waals surface area (Å²) >= 11 is 0. The zero-order valence-electron chi connectivity index (χ0n) is 17.0. The molecule has 2 N–H and O–H groups in total. The van der Waals surface area contributed by atoms with Crippen LogP contribution in [0.1, 0.15) is 34.5 Å². The molecule has 0 aromatic heterocycles. The third-order valence-electron chi connectivity index (χ3n) is 5.08. The summed E-state index contributed by atoms with van der Waals surface area (Å²) in [5, 5.41) is 5.83. The lowest BCUT2D eigenvalue weighted by Crippen LogP contribution is -2.49. The second-order valence-electron chi connectivity index (χ2n) is 6.78. The Labute approximate surface area is 171 Å². The van der Waals surface area contributed by atoms with E-state index in [-0.39, 0.29) is 18.0 Å². The first-order chi connectivity index (χ1) is 14.1. The van der Waals surface area contributed by atoms with Crippen LogP contribution in [0.15, 0.2) is 42.5 Å². The van der Waals surface area contributed by atoms with E-state index in [1.165, 1.54) is 0 Å². The first-order valence-electron chi connectivity index (χ1n) is 9.71. The van der Waals surface area contributed by atoms with Crippen LogP contribution in [0.3, 0.4) is 0 Å². The fourth-order valence-corrected chi connectivity index (χ4v) is 3.63. The molecule has 1 unspecified atom stereocenters. The summed E-state index contributed by atoms with van der Waals surface area (Å²) in [7, 11) is 3.19. The van der Waals surface area contributed by atoms with Gasteiger partial charge in [0.05, 0.1) is 20.3 Å². The van der Waals surface area contributed by atoms with Gasteiger partial charge in [-0.3, -0.25) is 4.79 Å². The second kappa shape index (κ2) is 9.32. The molecule has 0 saturated heterocycles. The number of hydrogen-bond acceptors (Lipinski definition) is 4. The van der Waals surface area contributed by atoms with E-state index in [4.69, 9.17) is 9.47 Å². The molecule has 1 aliphatic heterocycles. The SMILES string of the molecule is CCNC(=O)N1CCc2cc(OC)c(OC)cc2C1CNC(=O)c1ccccc1. The number of benzene rings is 2. The smallest absolute Gasteiger partial charge is 0.317 e. The number of nitrogens with zero attached hydrogens (tertiary/aromatic N) is 1. The van der Waals surface area contributed by atoms with Gasteiger partial charge in [0.1, 0.15) is 0 Å². The topological polar surface area (TPSA) is 79.9 Å². The molecule has 0 fully saturated rings. The van der Waals surface area contributed by atoms with Gasteiger partial charge in [0.15, 0.2) is 11.5 Å². The Hall–Kier alpha value is -3.22. The van der Waals surface area contributed by atoms with Gasteiger partial charge in [-0.2, -0.15) is 0 Å². The lowest BCUT2D eigenvalue weighted by atomic mass is 9.91. The average molecular weight is 397 g/mol. The van der Waals surface area contributed by atoms with Gasteiger partial charge in [-0.1, -0.05) is 18.2 Å². The van der Waals surface area contributed by atoms with Gasteiger partial charge in [0, 0.05) is 25.2 Å². The Kier molecular flexibility index (Phi) is 6.59. The molecule has 0 spiro atoms. The highest BCUT2D eigenvalue weighted by Gasteiger charge is 2.32. The number of fused-ring (bicyclic) bond motifs is 1. The lowest BCUT2D eigenvalue weighted by Gasteiger charge is -2.37. The minimum absolute atomic E-state index is 0.146. The van der Waals surface area contributed by atoms with Crippen molar-refractivity contribution < 1.29 is 19.1 Å². The molecular weight excluding hydrogens is 370 g/mol. The van der Waals surface area contributed by atoms with Gasteiger partial charge in [-0.05, 0) is 48.7 Å². The number of carbonyl (C=O) groups excluding carboxylic acids is 2. The lowest BCUT2D eigenvalue weighted by molar-refractivity contribution is 0.0934. The van der Waals surface area contributed by atoms with Crippen molar-refractivity contribution in [1.82, 2.24) is 15.5 Å². The first kappa shape index (κ1) is 20.5. The number of amides is 3. The molecule has 154 valence electrons. The highest BCUT2D eigenvalue weighted by molar-refractivity contribution is 5.94. The highest BCUT2D eigenvalue weighted by Crippen LogP contribution is 2.38. The molecule has 2 aromatic rings. The van der Waals surface area contributed by atoms with Gasteiger partial charge in [-0.25, -0.2) is 4.79 Å². The van der Waals surface area contributed by atoms with Crippen molar-refractivity contribution in [2.24, 2.45) is 0 Å². The van der Waals surface area contributed by atoms with E-state index in [0.717, 1.165) is 11.1 Å². The molecular formula is C22H27N3O4. The van der Waals surface area contributed by atoms with E-state index in [2.05, 4.69) is 10.6 Å². The summed E-state index contributed by atoms with van der Waals surface area (Å²) in [4.78, 5) is 27.0. The van der Waals surface area contributed by atoms with E-state index in [9.17, 15) is 9.59 Å². The predicted molar refractivity (Wildman–Crippen MR) is 111 cm³/mol. The first-order valence-corrected chi connectivity index (χ1v) is 9.71. The number of hydrogen-bond donors (Lipinski definition) is 2. The Balaban J connectivity index is 1.90. The number of carbonyl (C=O) groups is 2. The van der Waals surface area contributed by atoms with Gasteiger partial charge in [0.2, 0.25) is 0 Å². The number of urea groups is 1. The van der Waals surface area contributed by atoms with Crippen molar-refractivity contribution >= 4 is 11.9 Å². The van der Waals surface area contributed by atoms with E-state index in [1.807, 2.05) is 37.3 Å². The zero-order chi connectivity index (χ0) is 20.8. The van der Waals surface area contributed by atoms with E-state index < -0.39 is 0 Å². The average Bonchev–Trinajstić information content (AvgIpc) is 2.76. The van der Waals surface area contributed by atoms with Crippen LogP contribution >= 0.6 is 0 Å². The Morgan fingerprint density at radius 2 is 1.76 bits per heavy atom. The van der Waals surface area contributed by atoms with Crippen LogP contribution in [0.2, 0.25) is 0 Å². The molecule has 1 aliphatic rings. The van der Waals surface area contributed by atoms with Gasteiger partial charge < -0.3 is 25.0 Å². The molecule has 1 atom stereocenters. The molecule has 0 bridgehead atoms. The molecule has 7 nitrogen and oxygen atoms in total. The third kappa shape index (κ3) is 4.45. The summed E-state index contributed by atoms with van der Waals surface area (Å²) in [5.41, 5.74) is 2.62. The molecule has 3 amide bonds. The van der Waals surface area contributed by atoms with E-state index in [0.29, 0.717) is 43.1 Å². The molecule has 1 heterocycles. The van der Waals surface area contributed by atoms with Gasteiger partial charge >= 0.3 is 6.03 Å². The van der Waals surface area contributed by atoms with Crippen molar-refractivity contribution in [3.63, 3.8) is 0 Å². The maximum Gasteiger partial charge on any atom is 0.317 e. The number of nitrogens with one attached hydrogen (secondary N) is 2. The third-order valence-corrected chi connectivity index (χ3v) is 5.08. The monoisotopic (exact) mass is 397 g/mol. The summed E-state index contributed by atoms with van der Waals surface area (Å²) < 4.78 is 10.9. The molecule has 29 heavy (non-hydrogen) atoms. The van der Waals surface area contributed by atoms with Gasteiger partial charge in [0.25, 0.3) is 5.91 Å². The fraction of sp³-hybridized carbons (Fsp3) is 0.364. The quantitative estimate of drug-likeness (QED) is 0.786. The number of rotatable bonds is 6. The molecule has 0 aliphatic carbocycles. The zero-order valence-corrected chi connectivity index (χ0v) is 17.0. The van der Waals surface area contributed by atoms with Crippen LogP contribution in [0, 0.1) is 0 Å². The number of ether oxygens (including phenoxy) is 2. The largest absolute Gasteiger partial charge is 0.493 e. The summed E-state index contributed by atoms with van der Waals surface area (Å²) in [6.45, 7) is 3.28. The van der Waals surface area contributed by atoms with Gasteiger partial charge in [-0.15, -0.1) is 0 Å². The maximum absolute atomic E-state index is 12.7. The van der Waals surface area contributed by atoms with Crippen LogP contribution in [0.25, 0.3) is 0 Å². The fourth-order valence-electron chi connectivity index (χ4n) is 3.63. The Morgan fingerprint density at radius 3 is 2.41 bits per heavy atom. The highest BCUT2D eigenvalue weighted by atomic mass is 16.5. The van der Waals surface area contributed by atoms with Crippen LogP contribution in [0.5, 0.6) is 11.5 Å². The molecule has 7 heteroatoms.